The monoisotopic (exact) mass is 201 g/mol. The van der Waals surface area contributed by atoms with Gasteiger partial charge in [-0.2, -0.15) is 0 Å². The molecule has 0 aliphatic carbocycles. The summed E-state index contributed by atoms with van der Waals surface area (Å²) in [7, 11) is -2.42. The summed E-state index contributed by atoms with van der Waals surface area (Å²) in [6.07, 6.45) is -0.570. The first-order chi connectivity index (χ1) is 8.56. The van der Waals surface area contributed by atoms with E-state index in [0.29, 0.717) is 0 Å². The molecule has 0 fully saturated rings. The third-order valence-electron chi connectivity index (χ3n) is 2.32. The highest BCUT2D eigenvalue weighted by molar-refractivity contribution is 5.29. The molecule has 0 aliphatic rings. The maximum Gasteiger partial charge on any atom is 0.107 e. The van der Waals surface area contributed by atoms with E-state index < -0.39 is 13.1 Å². The molecule has 0 unspecified atom stereocenters. The Morgan fingerprint density at radius 3 is 1.73 bits per heavy atom. The molecule has 0 radical (unpaired) electrons. The minimum Gasteiger partial charge on any atom is -0.372 e. The van der Waals surface area contributed by atoms with Crippen LogP contribution in [0.3, 0.4) is 0 Å². The van der Waals surface area contributed by atoms with Crippen LogP contribution in [0.2, 0.25) is 0 Å². The molecule has 0 amide bonds. The van der Waals surface area contributed by atoms with Gasteiger partial charge in [0.1, 0.15) is 6.10 Å². The van der Waals surface area contributed by atoms with Crippen molar-refractivity contribution in [3.8, 4) is 0 Å². The minimum absolute atomic E-state index is 0.570. The van der Waals surface area contributed by atoms with Crippen LogP contribution in [0.1, 0.15) is 21.3 Å². The van der Waals surface area contributed by atoms with Gasteiger partial charge >= 0.3 is 0 Å². The molecule has 1 nitrogen and oxygen atoms in total. The van der Waals surface area contributed by atoms with Gasteiger partial charge in [-0.3, -0.25) is 0 Å². The van der Waals surface area contributed by atoms with E-state index in [9.17, 15) is 0 Å². The lowest BCUT2D eigenvalue weighted by Gasteiger charge is -2.15. The second kappa shape index (κ2) is 4.76. The Kier molecular flexibility index (Phi) is 2.16. The SMILES string of the molecule is [2H]C([2H])([2H])OC(c1ccccc1)c1ccccc1. The average molecular weight is 201 g/mol. The van der Waals surface area contributed by atoms with Crippen LogP contribution in [0.25, 0.3) is 0 Å². The fraction of sp³-hybridized carbons (Fsp3) is 0.143. The highest BCUT2D eigenvalue weighted by Gasteiger charge is 2.11. The van der Waals surface area contributed by atoms with Crippen LogP contribution in [0.15, 0.2) is 60.7 Å². The molecule has 0 saturated carbocycles. The molecule has 0 atom stereocenters. The molecule has 76 valence electrons. The summed E-state index contributed by atoms with van der Waals surface area (Å²) in [5.41, 5.74) is 1.67. The number of ether oxygens (including phenoxy) is 1. The summed E-state index contributed by atoms with van der Waals surface area (Å²) in [4.78, 5) is 0. The highest BCUT2D eigenvalue weighted by atomic mass is 16.5. The molecule has 0 bridgehead atoms. The van der Waals surface area contributed by atoms with Crippen molar-refractivity contribution >= 4 is 0 Å². The Hall–Kier alpha value is -1.60. The second-order valence-electron chi connectivity index (χ2n) is 3.32. The van der Waals surface area contributed by atoms with Crippen molar-refractivity contribution in [2.75, 3.05) is 7.04 Å². The molecular formula is C14H14O. The molecule has 2 aromatic rings. The third-order valence-corrected chi connectivity index (χ3v) is 2.32. The lowest BCUT2D eigenvalue weighted by atomic mass is 10.0. The Bertz CT molecular complexity index is 440. The summed E-state index contributed by atoms with van der Waals surface area (Å²) < 4.78 is 27.0. The summed E-state index contributed by atoms with van der Waals surface area (Å²) in [5.74, 6) is 0. The number of hydrogen-bond donors (Lipinski definition) is 0. The topological polar surface area (TPSA) is 9.23 Å². The van der Waals surface area contributed by atoms with Crippen LogP contribution in [0, 0.1) is 0 Å². The van der Waals surface area contributed by atoms with E-state index in [1.165, 1.54) is 0 Å². The first-order valence-electron chi connectivity index (χ1n) is 6.34. The summed E-state index contributed by atoms with van der Waals surface area (Å²) in [6.45, 7) is 0. The van der Waals surface area contributed by atoms with Crippen LogP contribution in [0.5, 0.6) is 0 Å². The normalized spacial score (nSPS) is 14.3. The Labute approximate surface area is 94.5 Å². The van der Waals surface area contributed by atoms with Gasteiger partial charge in [-0.15, -0.1) is 0 Å². The maximum atomic E-state index is 7.27. The third kappa shape index (κ3) is 2.25. The van der Waals surface area contributed by atoms with E-state index in [1.807, 2.05) is 60.7 Å². The lowest BCUT2D eigenvalue weighted by Crippen LogP contribution is -2.02. The van der Waals surface area contributed by atoms with Crippen molar-refractivity contribution in [3.63, 3.8) is 0 Å². The van der Waals surface area contributed by atoms with Gasteiger partial charge < -0.3 is 4.74 Å². The quantitative estimate of drug-likeness (QED) is 0.739. The molecule has 0 aromatic heterocycles. The number of methoxy groups -OCH3 is 1. The lowest BCUT2D eigenvalue weighted by molar-refractivity contribution is 0.136. The van der Waals surface area contributed by atoms with Gasteiger partial charge in [0.2, 0.25) is 0 Å². The minimum atomic E-state index is -2.42. The molecular weight excluding hydrogens is 184 g/mol. The molecule has 2 aromatic carbocycles. The summed E-state index contributed by atoms with van der Waals surface area (Å²) >= 11 is 0. The van der Waals surface area contributed by atoms with E-state index in [2.05, 4.69) is 0 Å². The van der Waals surface area contributed by atoms with Crippen molar-refractivity contribution < 1.29 is 8.85 Å². The fourth-order valence-electron chi connectivity index (χ4n) is 1.58. The molecule has 0 aliphatic heterocycles. The van der Waals surface area contributed by atoms with Crippen LogP contribution in [-0.2, 0) is 4.74 Å². The molecule has 0 saturated heterocycles. The molecule has 1 heteroatoms. The molecule has 0 heterocycles. The van der Waals surface area contributed by atoms with Crippen LogP contribution in [0.4, 0.5) is 0 Å². The van der Waals surface area contributed by atoms with Crippen LogP contribution < -0.4 is 0 Å². The zero-order valence-corrected chi connectivity index (χ0v) is 8.26. The second-order valence-corrected chi connectivity index (χ2v) is 3.32. The standard InChI is InChI=1S/C14H14O/c1-15-14(12-8-4-2-5-9-12)13-10-6-3-7-11-13/h2-11,14H,1H3/i1D3. The maximum absolute atomic E-state index is 7.27. The van der Waals surface area contributed by atoms with Crippen molar-refractivity contribution in [2.24, 2.45) is 0 Å². The van der Waals surface area contributed by atoms with Crippen LogP contribution in [-0.4, -0.2) is 7.04 Å². The van der Waals surface area contributed by atoms with E-state index in [4.69, 9.17) is 8.85 Å². The Balaban J connectivity index is 2.36. The number of hydrogen-bond acceptors (Lipinski definition) is 1. The first kappa shape index (κ1) is 6.81. The van der Waals surface area contributed by atoms with Gasteiger partial charge in [-0.05, 0) is 11.1 Å². The number of rotatable bonds is 3. The average Bonchev–Trinajstić information content (AvgIpc) is 2.37. The van der Waals surface area contributed by atoms with E-state index in [1.54, 1.807) is 0 Å². The largest absolute Gasteiger partial charge is 0.372 e. The fourth-order valence-corrected chi connectivity index (χ4v) is 1.58. The zero-order valence-electron chi connectivity index (χ0n) is 11.3. The summed E-state index contributed by atoms with van der Waals surface area (Å²) in [5, 5.41) is 0. The molecule has 0 N–H and O–H groups in total. The van der Waals surface area contributed by atoms with E-state index >= 15 is 0 Å². The zero-order chi connectivity index (χ0) is 13.0. The van der Waals surface area contributed by atoms with Crippen molar-refractivity contribution in [1.82, 2.24) is 0 Å². The van der Waals surface area contributed by atoms with Gasteiger partial charge in [-0.1, -0.05) is 60.7 Å². The smallest absolute Gasteiger partial charge is 0.107 e. The number of benzene rings is 2. The van der Waals surface area contributed by atoms with Crippen LogP contribution >= 0.6 is 0 Å². The van der Waals surface area contributed by atoms with Gasteiger partial charge in [0.15, 0.2) is 0 Å². The van der Waals surface area contributed by atoms with Gasteiger partial charge in [0.25, 0.3) is 0 Å². The first-order valence-corrected chi connectivity index (χ1v) is 4.84. The predicted octanol–water partition coefficient (Wildman–Crippen LogP) is 3.42. The van der Waals surface area contributed by atoms with E-state index in [0.717, 1.165) is 11.1 Å². The highest BCUT2D eigenvalue weighted by Crippen LogP contribution is 2.24. The van der Waals surface area contributed by atoms with Crippen molar-refractivity contribution in [1.29, 1.82) is 0 Å². The Morgan fingerprint density at radius 2 is 1.33 bits per heavy atom. The van der Waals surface area contributed by atoms with Gasteiger partial charge in [0.05, 0.1) is 4.11 Å². The van der Waals surface area contributed by atoms with Gasteiger partial charge in [-0.25, -0.2) is 0 Å². The summed E-state index contributed by atoms with van der Waals surface area (Å²) in [6, 6.07) is 18.7. The van der Waals surface area contributed by atoms with Crippen molar-refractivity contribution in [3.05, 3.63) is 71.8 Å². The molecule has 2 rings (SSSR count). The van der Waals surface area contributed by atoms with E-state index in [-0.39, 0.29) is 0 Å². The molecule has 0 spiro atoms. The van der Waals surface area contributed by atoms with Crippen molar-refractivity contribution in [2.45, 2.75) is 6.10 Å². The predicted molar refractivity (Wildman–Crippen MR) is 61.7 cm³/mol. The Morgan fingerprint density at radius 1 is 0.867 bits per heavy atom. The van der Waals surface area contributed by atoms with Gasteiger partial charge in [0, 0.05) is 7.04 Å². The molecule has 15 heavy (non-hydrogen) atoms.